The third kappa shape index (κ3) is 1.98. The minimum atomic E-state index is -3.67. The maximum absolute atomic E-state index is 12.8. The summed E-state index contributed by atoms with van der Waals surface area (Å²) in [7, 11) is -3.67. The highest BCUT2D eigenvalue weighted by molar-refractivity contribution is 7.94. The Morgan fingerprint density at radius 3 is 2.47 bits per heavy atom. The molecule has 3 nitrogen and oxygen atoms in total. The van der Waals surface area contributed by atoms with Crippen molar-refractivity contribution in [1.82, 2.24) is 0 Å². The van der Waals surface area contributed by atoms with Crippen molar-refractivity contribution in [2.75, 3.05) is 6.61 Å². The van der Waals surface area contributed by atoms with Gasteiger partial charge in [0.15, 0.2) is 4.93 Å². The largest absolute Gasteiger partial charge is 0.358 e. The fourth-order valence-corrected chi connectivity index (χ4v) is 4.11. The van der Waals surface area contributed by atoms with Crippen molar-refractivity contribution in [3.63, 3.8) is 0 Å². The molecular formula is C11H13FO3S2. The first kappa shape index (κ1) is 12.9. The number of benzene rings is 1. The second-order valence-corrected chi connectivity index (χ2v) is 7.04. The van der Waals surface area contributed by atoms with Gasteiger partial charge in [-0.2, -0.15) is 12.6 Å². The predicted octanol–water partition coefficient (Wildman–Crippen LogP) is 2.03. The van der Waals surface area contributed by atoms with Crippen molar-refractivity contribution >= 4 is 22.5 Å². The van der Waals surface area contributed by atoms with Gasteiger partial charge >= 0.3 is 0 Å². The molecule has 1 heterocycles. The molecule has 0 saturated carbocycles. The molecule has 0 amide bonds. The Balaban J connectivity index is 2.46. The van der Waals surface area contributed by atoms with Crippen molar-refractivity contribution in [1.29, 1.82) is 0 Å². The topological polar surface area (TPSA) is 43.4 Å². The van der Waals surface area contributed by atoms with Gasteiger partial charge in [0.2, 0.25) is 9.84 Å². The zero-order valence-corrected chi connectivity index (χ0v) is 11.0. The van der Waals surface area contributed by atoms with E-state index in [0.29, 0.717) is 13.0 Å². The minimum Gasteiger partial charge on any atom is -0.358 e. The highest BCUT2D eigenvalue weighted by atomic mass is 32.2. The second kappa shape index (κ2) is 4.26. The molecule has 0 aromatic heterocycles. The van der Waals surface area contributed by atoms with Gasteiger partial charge in [0, 0.05) is 11.9 Å². The van der Waals surface area contributed by atoms with Crippen LogP contribution in [0.4, 0.5) is 4.39 Å². The highest BCUT2D eigenvalue weighted by Gasteiger charge is 2.50. The van der Waals surface area contributed by atoms with Crippen molar-refractivity contribution in [3.05, 3.63) is 30.1 Å². The smallest absolute Gasteiger partial charge is 0.208 e. The summed E-state index contributed by atoms with van der Waals surface area (Å²) in [6, 6.07) is 4.74. The van der Waals surface area contributed by atoms with Crippen LogP contribution in [-0.2, 0) is 14.6 Å². The van der Waals surface area contributed by atoms with E-state index in [9.17, 15) is 12.8 Å². The van der Waals surface area contributed by atoms with E-state index < -0.39 is 20.6 Å². The molecule has 0 N–H and O–H groups in total. The van der Waals surface area contributed by atoms with Crippen molar-refractivity contribution in [2.24, 2.45) is 0 Å². The lowest BCUT2D eigenvalue weighted by atomic mass is 10.2. The summed E-state index contributed by atoms with van der Waals surface area (Å²) in [6.07, 6.45) is 0.583. The van der Waals surface area contributed by atoms with E-state index in [4.69, 9.17) is 4.74 Å². The average molecular weight is 276 g/mol. The summed E-state index contributed by atoms with van der Waals surface area (Å²) >= 11 is 4.26. The van der Waals surface area contributed by atoms with E-state index in [1.165, 1.54) is 19.1 Å². The summed E-state index contributed by atoms with van der Waals surface area (Å²) in [5.74, 6) is -0.469. The molecule has 6 heteroatoms. The lowest BCUT2D eigenvalue weighted by Gasteiger charge is -2.27. The summed E-state index contributed by atoms with van der Waals surface area (Å²) in [5.41, 5.74) is 0. The van der Waals surface area contributed by atoms with Crippen LogP contribution in [0, 0.1) is 5.82 Å². The molecule has 1 aromatic rings. The number of hydrogen-bond acceptors (Lipinski definition) is 4. The fourth-order valence-electron chi connectivity index (χ4n) is 1.84. The highest BCUT2D eigenvalue weighted by Crippen LogP contribution is 2.38. The van der Waals surface area contributed by atoms with Gasteiger partial charge in [-0.1, -0.05) is 0 Å². The Morgan fingerprint density at radius 2 is 2.00 bits per heavy atom. The Morgan fingerprint density at radius 1 is 1.41 bits per heavy atom. The van der Waals surface area contributed by atoms with Gasteiger partial charge < -0.3 is 4.74 Å². The first-order valence-electron chi connectivity index (χ1n) is 5.20. The van der Waals surface area contributed by atoms with Crippen LogP contribution in [0.25, 0.3) is 0 Å². The van der Waals surface area contributed by atoms with E-state index in [-0.39, 0.29) is 10.1 Å². The van der Waals surface area contributed by atoms with E-state index in [2.05, 4.69) is 12.6 Å². The molecule has 0 bridgehead atoms. The van der Waals surface area contributed by atoms with Crippen LogP contribution in [0.5, 0.6) is 0 Å². The minimum absolute atomic E-state index is 0.0577. The van der Waals surface area contributed by atoms with Gasteiger partial charge in [-0.25, -0.2) is 12.8 Å². The van der Waals surface area contributed by atoms with E-state index in [1.54, 1.807) is 0 Å². The molecule has 1 saturated heterocycles. The normalized spacial score (nSPS) is 29.5. The zero-order valence-electron chi connectivity index (χ0n) is 9.26. The van der Waals surface area contributed by atoms with Gasteiger partial charge in [0.1, 0.15) is 5.82 Å². The summed E-state index contributed by atoms with van der Waals surface area (Å²) in [5, 5.41) is -0.377. The van der Waals surface area contributed by atoms with Crippen LogP contribution >= 0.6 is 12.6 Å². The molecule has 1 aliphatic heterocycles. The van der Waals surface area contributed by atoms with Gasteiger partial charge in [-0.15, -0.1) is 0 Å². The molecule has 0 spiro atoms. The Hall–Kier alpha value is -0.590. The monoisotopic (exact) mass is 276 g/mol. The van der Waals surface area contributed by atoms with Gasteiger partial charge in [0.25, 0.3) is 0 Å². The van der Waals surface area contributed by atoms with E-state index >= 15 is 0 Å². The van der Waals surface area contributed by atoms with Gasteiger partial charge in [-0.05, 0) is 37.6 Å². The third-order valence-corrected chi connectivity index (χ3v) is 6.33. The van der Waals surface area contributed by atoms with Crippen LogP contribution < -0.4 is 0 Å². The summed E-state index contributed by atoms with van der Waals surface area (Å²) < 4.78 is 42.9. The molecule has 17 heavy (non-hydrogen) atoms. The van der Waals surface area contributed by atoms with Crippen molar-refractivity contribution in [2.45, 2.75) is 28.4 Å². The van der Waals surface area contributed by atoms with Gasteiger partial charge in [-0.3, -0.25) is 0 Å². The van der Waals surface area contributed by atoms with Crippen LogP contribution in [0.1, 0.15) is 13.3 Å². The molecule has 94 valence electrons. The number of ether oxygens (including phenoxy) is 1. The van der Waals surface area contributed by atoms with E-state index in [0.717, 1.165) is 12.1 Å². The standard InChI is InChI=1S/C11H13FO3S2/c1-11(10(16)6-7-15-11)17(13,14)9-4-2-8(12)3-5-9/h2-5,10,16H,6-7H2,1H3. The Kier molecular flexibility index (Phi) is 3.22. The predicted molar refractivity (Wildman–Crippen MR) is 65.3 cm³/mol. The number of halogens is 1. The molecule has 0 radical (unpaired) electrons. The van der Waals surface area contributed by atoms with Crippen LogP contribution in [0.15, 0.2) is 29.2 Å². The molecule has 1 aromatic carbocycles. The first-order valence-corrected chi connectivity index (χ1v) is 7.20. The van der Waals surface area contributed by atoms with Crippen LogP contribution in [0.2, 0.25) is 0 Å². The lowest BCUT2D eigenvalue weighted by Crippen LogP contribution is -2.41. The average Bonchev–Trinajstić information content (AvgIpc) is 2.61. The van der Waals surface area contributed by atoms with E-state index in [1.807, 2.05) is 0 Å². The number of rotatable bonds is 2. The molecule has 1 aliphatic rings. The molecule has 0 aliphatic carbocycles. The first-order chi connectivity index (χ1) is 7.88. The van der Waals surface area contributed by atoms with Gasteiger partial charge in [0.05, 0.1) is 4.90 Å². The van der Waals surface area contributed by atoms with Crippen molar-refractivity contribution in [3.8, 4) is 0 Å². The van der Waals surface area contributed by atoms with Crippen LogP contribution in [0.3, 0.4) is 0 Å². The molecular weight excluding hydrogens is 263 g/mol. The maximum atomic E-state index is 12.8. The SMILES string of the molecule is CC1(S(=O)(=O)c2ccc(F)cc2)OCCC1S. The molecule has 1 fully saturated rings. The summed E-state index contributed by atoms with van der Waals surface area (Å²) in [6.45, 7) is 1.88. The quantitative estimate of drug-likeness (QED) is 0.664. The van der Waals surface area contributed by atoms with Crippen molar-refractivity contribution < 1.29 is 17.5 Å². The second-order valence-electron chi connectivity index (χ2n) is 4.13. The van der Waals surface area contributed by atoms with Crippen LogP contribution in [-0.4, -0.2) is 25.2 Å². The number of sulfone groups is 1. The Labute approximate surface area is 105 Å². The number of hydrogen-bond donors (Lipinski definition) is 1. The molecule has 2 unspecified atom stereocenters. The molecule has 2 rings (SSSR count). The lowest BCUT2D eigenvalue weighted by molar-refractivity contribution is 0.0900. The molecule has 2 atom stereocenters. The Bertz CT molecular complexity index is 512. The summed E-state index contributed by atoms with van der Waals surface area (Å²) in [4.78, 5) is -1.28. The number of thiol groups is 1. The fraction of sp³-hybridized carbons (Fsp3) is 0.455. The third-order valence-electron chi connectivity index (χ3n) is 3.04. The zero-order chi connectivity index (χ0) is 12.7. The maximum Gasteiger partial charge on any atom is 0.208 e.